The lowest BCUT2D eigenvalue weighted by Crippen LogP contribution is -2.48. The molecule has 0 aromatic rings. The van der Waals surface area contributed by atoms with Crippen molar-refractivity contribution in [3.8, 4) is 0 Å². The van der Waals surface area contributed by atoms with Crippen molar-refractivity contribution < 1.29 is 9.59 Å². The number of rotatable bonds is 5. The van der Waals surface area contributed by atoms with Crippen LogP contribution < -0.4 is 5.32 Å². The molecule has 0 bridgehead atoms. The van der Waals surface area contributed by atoms with Crippen LogP contribution in [0.3, 0.4) is 0 Å². The minimum Gasteiger partial charge on any atom is -0.317 e. The molecule has 0 radical (unpaired) electrons. The van der Waals surface area contributed by atoms with E-state index in [-0.39, 0.29) is 17.2 Å². The number of carbonyl (C=O) groups excluding carboxylic acids is 2. The van der Waals surface area contributed by atoms with Crippen LogP contribution >= 0.6 is 0 Å². The first-order valence-corrected chi connectivity index (χ1v) is 6.39. The molecule has 2 amide bonds. The Morgan fingerprint density at radius 1 is 1.29 bits per heavy atom. The van der Waals surface area contributed by atoms with E-state index in [1.165, 1.54) is 4.90 Å². The number of nitrogens with one attached hydrogen (secondary N) is 1. The van der Waals surface area contributed by atoms with Crippen molar-refractivity contribution >= 4 is 11.8 Å². The van der Waals surface area contributed by atoms with Gasteiger partial charge in [0.1, 0.15) is 0 Å². The molecule has 0 saturated carbocycles. The van der Waals surface area contributed by atoms with E-state index in [1.54, 1.807) is 0 Å². The number of likely N-dealkylation sites (tertiary alicyclic amines) is 1. The summed E-state index contributed by atoms with van der Waals surface area (Å²) in [6.07, 6.45) is 0.958. The highest BCUT2D eigenvalue weighted by Gasteiger charge is 2.37. The monoisotopic (exact) mass is 240 g/mol. The average Bonchev–Trinajstić information content (AvgIpc) is 2.19. The van der Waals surface area contributed by atoms with Crippen molar-refractivity contribution in [1.29, 1.82) is 0 Å². The number of carbonyl (C=O) groups is 2. The average molecular weight is 240 g/mol. The van der Waals surface area contributed by atoms with Crippen LogP contribution in [0.15, 0.2) is 0 Å². The van der Waals surface area contributed by atoms with Gasteiger partial charge in [0.15, 0.2) is 0 Å². The van der Waals surface area contributed by atoms with Crippen molar-refractivity contribution in [3.05, 3.63) is 0 Å². The Labute approximate surface area is 104 Å². The Bertz CT molecular complexity index is 280. The van der Waals surface area contributed by atoms with Crippen LogP contribution in [0.4, 0.5) is 0 Å². The van der Waals surface area contributed by atoms with Crippen molar-refractivity contribution in [2.75, 3.05) is 19.6 Å². The largest absolute Gasteiger partial charge is 0.317 e. The van der Waals surface area contributed by atoms with E-state index < -0.39 is 0 Å². The van der Waals surface area contributed by atoms with E-state index in [1.807, 2.05) is 20.8 Å². The van der Waals surface area contributed by atoms with Gasteiger partial charge in [0.05, 0.1) is 0 Å². The van der Waals surface area contributed by atoms with E-state index >= 15 is 0 Å². The van der Waals surface area contributed by atoms with Crippen LogP contribution in [0.2, 0.25) is 0 Å². The molecule has 1 heterocycles. The fourth-order valence-electron chi connectivity index (χ4n) is 2.18. The third kappa shape index (κ3) is 4.11. The molecule has 1 fully saturated rings. The number of nitrogens with zero attached hydrogens (tertiary/aromatic N) is 1. The topological polar surface area (TPSA) is 49.4 Å². The molecule has 4 heteroatoms. The summed E-state index contributed by atoms with van der Waals surface area (Å²) >= 11 is 0. The number of hydrogen-bond donors (Lipinski definition) is 1. The van der Waals surface area contributed by atoms with Gasteiger partial charge in [0.2, 0.25) is 11.8 Å². The van der Waals surface area contributed by atoms with Gasteiger partial charge in [-0.15, -0.1) is 0 Å². The van der Waals surface area contributed by atoms with E-state index in [9.17, 15) is 9.59 Å². The van der Waals surface area contributed by atoms with Gasteiger partial charge in [-0.25, -0.2) is 0 Å². The first kappa shape index (κ1) is 14.2. The fourth-order valence-corrected chi connectivity index (χ4v) is 2.18. The molecule has 1 atom stereocenters. The summed E-state index contributed by atoms with van der Waals surface area (Å²) in [4.78, 5) is 25.3. The number of hydrogen-bond acceptors (Lipinski definition) is 3. The summed E-state index contributed by atoms with van der Waals surface area (Å²) in [5.41, 5.74) is -0.171. The third-order valence-corrected chi connectivity index (χ3v) is 3.10. The summed E-state index contributed by atoms with van der Waals surface area (Å²) in [5, 5.41) is 3.23. The van der Waals surface area contributed by atoms with Gasteiger partial charge in [0.25, 0.3) is 0 Å². The molecule has 1 aliphatic heterocycles. The zero-order chi connectivity index (χ0) is 13.1. The third-order valence-electron chi connectivity index (χ3n) is 3.10. The molecular weight excluding hydrogens is 216 g/mol. The molecule has 0 aromatic carbocycles. The normalized spacial score (nSPS) is 21.8. The van der Waals surface area contributed by atoms with Crippen LogP contribution in [0.25, 0.3) is 0 Å². The highest BCUT2D eigenvalue weighted by atomic mass is 16.2. The van der Waals surface area contributed by atoms with Crippen LogP contribution in [0, 0.1) is 11.3 Å². The summed E-state index contributed by atoms with van der Waals surface area (Å²) in [7, 11) is 0. The highest BCUT2D eigenvalue weighted by Crippen LogP contribution is 2.31. The van der Waals surface area contributed by atoms with Gasteiger partial charge in [-0.2, -0.15) is 0 Å². The van der Waals surface area contributed by atoms with Crippen molar-refractivity contribution in [3.63, 3.8) is 0 Å². The van der Waals surface area contributed by atoms with Crippen molar-refractivity contribution in [1.82, 2.24) is 10.2 Å². The van der Waals surface area contributed by atoms with Gasteiger partial charge < -0.3 is 5.32 Å². The maximum absolute atomic E-state index is 11.9. The van der Waals surface area contributed by atoms with Crippen LogP contribution in [-0.4, -0.2) is 36.3 Å². The number of amides is 2. The summed E-state index contributed by atoms with van der Waals surface area (Å²) in [5.74, 6) is 0.272. The zero-order valence-corrected chi connectivity index (χ0v) is 11.4. The number of piperidine rings is 1. The van der Waals surface area contributed by atoms with Gasteiger partial charge >= 0.3 is 0 Å². The zero-order valence-electron chi connectivity index (χ0n) is 11.4. The summed E-state index contributed by atoms with van der Waals surface area (Å²) < 4.78 is 0. The second kappa shape index (κ2) is 5.63. The van der Waals surface area contributed by atoms with E-state index in [0.717, 1.165) is 13.1 Å². The second-order valence-corrected chi connectivity index (χ2v) is 5.83. The highest BCUT2D eigenvalue weighted by molar-refractivity contribution is 5.98. The predicted molar refractivity (Wildman–Crippen MR) is 67.4 cm³/mol. The minimum absolute atomic E-state index is 0.0189. The van der Waals surface area contributed by atoms with Crippen molar-refractivity contribution in [2.24, 2.45) is 11.3 Å². The first-order chi connectivity index (χ1) is 7.85. The van der Waals surface area contributed by atoms with E-state index in [2.05, 4.69) is 12.2 Å². The molecule has 98 valence electrons. The van der Waals surface area contributed by atoms with Crippen molar-refractivity contribution in [2.45, 2.75) is 40.5 Å². The van der Waals surface area contributed by atoms with Gasteiger partial charge in [0, 0.05) is 19.4 Å². The van der Waals surface area contributed by atoms with E-state index in [4.69, 9.17) is 0 Å². The minimum atomic E-state index is -0.171. The predicted octanol–water partition coefficient (Wildman–Crippen LogP) is 1.41. The van der Waals surface area contributed by atoms with Crippen LogP contribution in [0.1, 0.15) is 40.5 Å². The van der Waals surface area contributed by atoms with E-state index in [0.29, 0.717) is 25.3 Å². The second-order valence-electron chi connectivity index (χ2n) is 5.83. The lowest BCUT2D eigenvalue weighted by atomic mass is 9.81. The molecule has 1 unspecified atom stereocenters. The Morgan fingerprint density at radius 2 is 1.82 bits per heavy atom. The molecule has 1 aliphatic rings. The molecule has 1 N–H and O–H groups in total. The molecule has 0 aliphatic carbocycles. The lowest BCUT2D eigenvalue weighted by molar-refractivity contribution is -0.153. The lowest BCUT2D eigenvalue weighted by Gasteiger charge is -2.35. The fraction of sp³-hybridized carbons (Fsp3) is 0.846. The quantitative estimate of drug-likeness (QED) is 0.739. The maximum Gasteiger partial charge on any atom is 0.229 e. The van der Waals surface area contributed by atoms with Gasteiger partial charge in [-0.05, 0) is 24.4 Å². The smallest absolute Gasteiger partial charge is 0.229 e. The Hall–Kier alpha value is -0.900. The summed E-state index contributed by atoms with van der Waals surface area (Å²) in [6, 6.07) is 0. The number of imide groups is 1. The van der Waals surface area contributed by atoms with Gasteiger partial charge in [-0.3, -0.25) is 14.5 Å². The molecule has 0 aromatic heterocycles. The standard InChI is InChI=1S/C13H24N2O2/c1-5-14-8-10(2)9-15-11(16)6-13(3,4)7-12(15)17/h10,14H,5-9H2,1-4H3. The van der Waals surface area contributed by atoms with Gasteiger partial charge in [-0.1, -0.05) is 27.7 Å². The molecule has 4 nitrogen and oxygen atoms in total. The Morgan fingerprint density at radius 3 is 2.29 bits per heavy atom. The molecule has 1 rings (SSSR count). The summed E-state index contributed by atoms with van der Waals surface area (Å²) in [6.45, 7) is 10.4. The molecule has 0 spiro atoms. The molecule has 17 heavy (non-hydrogen) atoms. The van der Waals surface area contributed by atoms with Crippen LogP contribution in [0.5, 0.6) is 0 Å². The SMILES string of the molecule is CCNCC(C)CN1C(=O)CC(C)(C)CC1=O. The molecular formula is C13H24N2O2. The van der Waals surface area contributed by atoms with Crippen LogP contribution in [-0.2, 0) is 9.59 Å². The molecule has 1 saturated heterocycles. The maximum atomic E-state index is 11.9. The first-order valence-electron chi connectivity index (χ1n) is 6.39. The Kier molecular flexibility index (Phi) is 4.69. The Balaban J connectivity index is 2.54.